The van der Waals surface area contributed by atoms with Crippen molar-refractivity contribution < 1.29 is 9.21 Å². The molecule has 1 saturated carbocycles. The largest absolute Gasteiger partial charge is 0.428 e. The first-order valence-corrected chi connectivity index (χ1v) is 6.75. The minimum Gasteiger partial charge on any atom is -0.428 e. The van der Waals surface area contributed by atoms with Crippen molar-refractivity contribution in [1.29, 1.82) is 0 Å². The van der Waals surface area contributed by atoms with Crippen LogP contribution in [0.4, 0.5) is 0 Å². The Labute approximate surface area is 113 Å². The molecule has 0 N–H and O–H groups in total. The first-order chi connectivity index (χ1) is 9.08. The molecule has 0 aliphatic heterocycles. The fourth-order valence-electron chi connectivity index (χ4n) is 2.50. The summed E-state index contributed by atoms with van der Waals surface area (Å²) in [6, 6.07) is 1.72. The molecule has 1 atom stereocenters. The van der Waals surface area contributed by atoms with Crippen LogP contribution in [0.25, 0.3) is 0 Å². The van der Waals surface area contributed by atoms with Gasteiger partial charge in [-0.05, 0) is 56.7 Å². The van der Waals surface area contributed by atoms with E-state index in [2.05, 4.69) is 6.42 Å². The zero-order valence-electron chi connectivity index (χ0n) is 11.4. The molecule has 0 aromatic carbocycles. The molecule has 0 saturated heterocycles. The van der Waals surface area contributed by atoms with E-state index >= 15 is 0 Å². The van der Waals surface area contributed by atoms with Crippen LogP contribution < -0.4 is 5.63 Å². The fourth-order valence-corrected chi connectivity index (χ4v) is 2.50. The minimum absolute atomic E-state index is 0.151. The van der Waals surface area contributed by atoms with Gasteiger partial charge < -0.3 is 4.42 Å². The van der Waals surface area contributed by atoms with Gasteiger partial charge in [-0.25, -0.2) is 4.79 Å². The Balaban J connectivity index is 2.16. The van der Waals surface area contributed by atoms with Crippen LogP contribution in [-0.4, -0.2) is 5.78 Å². The van der Waals surface area contributed by atoms with Crippen molar-refractivity contribution in [3.05, 3.63) is 51.9 Å². The lowest BCUT2D eigenvalue weighted by atomic mass is 9.88. The number of carbonyl (C=O) groups is 1. The minimum atomic E-state index is -0.542. The molecule has 3 nitrogen and oxygen atoms in total. The molecule has 0 amide bonds. The number of carbonyl (C=O) groups excluding carboxylic acids is 1. The molecule has 1 aromatic heterocycles. The van der Waals surface area contributed by atoms with Crippen molar-refractivity contribution in [3.63, 3.8) is 0 Å². The lowest BCUT2D eigenvalue weighted by Crippen LogP contribution is -2.15. The normalized spacial score (nSPS) is 16.9. The van der Waals surface area contributed by atoms with Gasteiger partial charge in [0.05, 0.1) is 0 Å². The van der Waals surface area contributed by atoms with Crippen LogP contribution in [0.2, 0.25) is 0 Å². The van der Waals surface area contributed by atoms with Gasteiger partial charge in [-0.15, -0.1) is 0 Å². The number of hydrogen-bond acceptors (Lipinski definition) is 3. The highest BCUT2D eigenvalue weighted by Crippen LogP contribution is 2.23. The van der Waals surface area contributed by atoms with Crippen molar-refractivity contribution in [3.8, 4) is 0 Å². The third-order valence-corrected chi connectivity index (χ3v) is 3.47. The predicted molar refractivity (Wildman–Crippen MR) is 74.2 cm³/mol. The summed E-state index contributed by atoms with van der Waals surface area (Å²) in [4.78, 5) is 23.8. The number of allylic oxidation sites excluding steroid dienone is 2. The van der Waals surface area contributed by atoms with Gasteiger partial charge in [-0.3, -0.25) is 4.79 Å². The summed E-state index contributed by atoms with van der Waals surface area (Å²) in [5.41, 5.74) is 0.286. The highest BCUT2D eigenvalue weighted by molar-refractivity contribution is 6.05. The molecule has 1 aromatic rings. The van der Waals surface area contributed by atoms with E-state index in [0.717, 1.165) is 12.8 Å². The SMILES string of the molecule is Cc1cc(C)c(C(=O)/C=C/C2[CH]CCCC2)c(=O)o1. The fraction of sp³-hybridized carbons (Fsp3) is 0.438. The highest BCUT2D eigenvalue weighted by Gasteiger charge is 2.15. The van der Waals surface area contributed by atoms with Crippen LogP contribution in [0.5, 0.6) is 0 Å². The zero-order valence-corrected chi connectivity index (χ0v) is 11.4. The molecule has 1 aliphatic rings. The van der Waals surface area contributed by atoms with Crippen molar-refractivity contribution in [2.75, 3.05) is 0 Å². The van der Waals surface area contributed by atoms with Crippen molar-refractivity contribution in [1.82, 2.24) is 0 Å². The van der Waals surface area contributed by atoms with Gasteiger partial charge in [-0.2, -0.15) is 0 Å². The summed E-state index contributed by atoms with van der Waals surface area (Å²) in [7, 11) is 0. The average molecular weight is 259 g/mol. The summed E-state index contributed by atoms with van der Waals surface area (Å²) >= 11 is 0. The van der Waals surface area contributed by atoms with E-state index in [4.69, 9.17) is 4.42 Å². The molecule has 0 bridgehead atoms. The van der Waals surface area contributed by atoms with E-state index in [1.807, 2.05) is 6.08 Å². The standard InChI is InChI=1S/C16H19O3/c1-11-10-12(2)19-16(18)15(11)14(17)9-8-13-6-4-3-5-7-13/h6,8-10,13H,3-5,7H2,1-2H3/b9-8+. The van der Waals surface area contributed by atoms with Gasteiger partial charge in [0.1, 0.15) is 11.3 Å². The predicted octanol–water partition coefficient (Wildman–Crippen LogP) is 3.39. The van der Waals surface area contributed by atoms with E-state index in [1.165, 1.54) is 18.9 Å². The van der Waals surface area contributed by atoms with E-state index in [1.54, 1.807) is 19.9 Å². The Morgan fingerprint density at radius 3 is 2.79 bits per heavy atom. The number of rotatable bonds is 3. The Kier molecular flexibility index (Phi) is 4.35. The van der Waals surface area contributed by atoms with Crippen molar-refractivity contribution in [2.24, 2.45) is 5.92 Å². The molecular formula is C16H19O3. The molecule has 1 fully saturated rings. The van der Waals surface area contributed by atoms with E-state index in [-0.39, 0.29) is 11.3 Å². The van der Waals surface area contributed by atoms with Crippen LogP contribution >= 0.6 is 0 Å². The van der Waals surface area contributed by atoms with Gasteiger partial charge in [0.2, 0.25) is 0 Å². The molecule has 1 unspecified atom stereocenters. The van der Waals surface area contributed by atoms with Gasteiger partial charge >= 0.3 is 5.63 Å². The van der Waals surface area contributed by atoms with E-state index < -0.39 is 5.63 Å². The van der Waals surface area contributed by atoms with Crippen LogP contribution in [-0.2, 0) is 0 Å². The van der Waals surface area contributed by atoms with Gasteiger partial charge in [-0.1, -0.05) is 18.9 Å². The second-order valence-corrected chi connectivity index (χ2v) is 5.11. The second-order valence-electron chi connectivity index (χ2n) is 5.11. The number of ketones is 1. The maximum absolute atomic E-state index is 12.1. The monoisotopic (exact) mass is 259 g/mol. The van der Waals surface area contributed by atoms with Crippen LogP contribution in [0.15, 0.2) is 27.4 Å². The smallest absolute Gasteiger partial charge is 0.347 e. The molecule has 0 spiro atoms. The lowest BCUT2D eigenvalue weighted by molar-refractivity contribution is 0.104. The van der Waals surface area contributed by atoms with Crippen molar-refractivity contribution >= 4 is 5.78 Å². The third-order valence-electron chi connectivity index (χ3n) is 3.47. The summed E-state index contributed by atoms with van der Waals surface area (Å²) < 4.78 is 4.98. The quantitative estimate of drug-likeness (QED) is 0.617. The van der Waals surface area contributed by atoms with E-state index in [9.17, 15) is 9.59 Å². The second kappa shape index (κ2) is 6.00. The van der Waals surface area contributed by atoms with Gasteiger partial charge in [0.15, 0.2) is 5.78 Å². The van der Waals surface area contributed by atoms with Gasteiger partial charge in [0.25, 0.3) is 0 Å². The average Bonchev–Trinajstić information content (AvgIpc) is 2.36. The summed E-state index contributed by atoms with van der Waals surface area (Å²) in [5.74, 6) is 0.629. The van der Waals surface area contributed by atoms with Crippen molar-refractivity contribution in [2.45, 2.75) is 39.5 Å². The molecular weight excluding hydrogens is 240 g/mol. The highest BCUT2D eigenvalue weighted by atomic mass is 16.4. The lowest BCUT2D eigenvalue weighted by Gasteiger charge is -2.17. The Bertz CT molecular complexity index is 546. The number of hydrogen-bond donors (Lipinski definition) is 0. The molecule has 2 rings (SSSR count). The summed E-state index contributed by atoms with van der Waals surface area (Å²) in [6.07, 6.45) is 10.3. The Morgan fingerprint density at radius 2 is 2.16 bits per heavy atom. The maximum Gasteiger partial charge on any atom is 0.347 e. The summed E-state index contributed by atoms with van der Waals surface area (Å²) in [6.45, 7) is 3.47. The Morgan fingerprint density at radius 1 is 1.37 bits per heavy atom. The molecule has 101 valence electrons. The molecule has 1 aliphatic carbocycles. The third kappa shape index (κ3) is 3.43. The molecule has 1 radical (unpaired) electrons. The van der Waals surface area contributed by atoms with Crippen LogP contribution in [0, 0.1) is 26.2 Å². The van der Waals surface area contributed by atoms with Gasteiger partial charge in [0, 0.05) is 0 Å². The maximum atomic E-state index is 12.1. The van der Waals surface area contributed by atoms with Crippen LogP contribution in [0.3, 0.4) is 0 Å². The summed E-state index contributed by atoms with van der Waals surface area (Å²) in [5, 5.41) is 0. The zero-order chi connectivity index (χ0) is 13.8. The molecule has 19 heavy (non-hydrogen) atoms. The Hall–Kier alpha value is -1.64. The topological polar surface area (TPSA) is 47.3 Å². The van der Waals surface area contributed by atoms with E-state index in [0.29, 0.717) is 17.2 Å². The van der Waals surface area contributed by atoms with Crippen LogP contribution in [0.1, 0.15) is 47.4 Å². The molecule has 1 heterocycles. The number of aryl methyl sites for hydroxylation is 2. The first kappa shape index (κ1) is 13.8. The first-order valence-electron chi connectivity index (χ1n) is 6.75. The molecule has 3 heteroatoms.